The van der Waals surface area contributed by atoms with Crippen molar-refractivity contribution in [1.29, 1.82) is 0 Å². The molecule has 0 bridgehead atoms. The second-order valence-electron chi connectivity index (χ2n) is 5.84. The van der Waals surface area contributed by atoms with Gasteiger partial charge in [0.05, 0.1) is 11.6 Å². The standard InChI is InChI=1S/C19H25N3O/c1-5-11-20-19(23)16-9-10-18(21-12-16)22-15(4)17-8-6-7-13(2)14(17)3/h6-10,12,15H,5,11H2,1-4H3,(H,20,23)(H,21,22). The molecule has 2 rings (SSSR count). The van der Waals surface area contributed by atoms with Crippen LogP contribution in [0, 0.1) is 13.8 Å². The van der Waals surface area contributed by atoms with Crippen molar-refractivity contribution in [2.24, 2.45) is 0 Å². The minimum Gasteiger partial charge on any atom is -0.364 e. The third-order valence-corrected chi connectivity index (χ3v) is 4.04. The van der Waals surface area contributed by atoms with Crippen LogP contribution in [0.25, 0.3) is 0 Å². The van der Waals surface area contributed by atoms with E-state index in [0.29, 0.717) is 12.1 Å². The first-order valence-corrected chi connectivity index (χ1v) is 8.09. The Morgan fingerprint density at radius 1 is 1.22 bits per heavy atom. The SMILES string of the molecule is CCCNC(=O)c1ccc(NC(C)c2cccc(C)c2C)nc1. The third-order valence-electron chi connectivity index (χ3n) is 4.04. The molecule has 0 saturated carbocycles. The highest BCUT2D eigenvalue weighted by Crippen LogP contribution is 2.23. The van der Waals surface area contributed by atoms with E-state index in [9.17, 15) is 4.79 Å². The Labute approximate surface area is 138 Å². The van der Waals surface area contributed by atoms with Crippen molar-refractivity contribution in [2.45, 2.75) is 40.2 Å². The van der Waals surface area contributed by atoms with Crippen LogP contribution < -0.4 is 10.6 Å². The fourth-order valence-corrected chi connectivity index (χ4v) is 2.50. The zero-order chi connectivity index (χ0) is 16.8. The van der Waals surface area contributed by atoms with E-state index in [4.69, 9.17) is 0 Å². The predicted molar refractivity (Wildman–Crippen MR) is 94.8 cm³/mol. The molecule has 0 spiro atoms. The van der Waals surface area contributed by atoms with Crippen LogP contribution >= 0.6 is 0 Å². The first-order valence-electron chi connectivity index (χ1n) is 8.09. The molecule has 1 heterocycles. The first-order chi connectivity index (χ1) is 11.0. The molecule has 1 aromatic heterocycles. The van der Waals surface area contributed by atoms with Crippen molar-refractivity contribution in [3.63, 3.8) is 0 Å². The van der Waals surface area contributed by atoms with Crippen LogP contribution in [0.1, 0.15) is 53.4 Å². The van der Waals surface area contributed by atoms with Crippen LogP contribution in [0.2, 0.25) is 0 Å². The molecule has 0 aliphatic heterocycles. The van der Waals surface area contributed by atoms with Crippen LogP contribution in [0.4, 0.5) is 5.82 Å². The number of benzene rings is 1. The van der Waals surface area contributed by atoms with Gasteiger partial charge in [-0.2, -0.15) is 0 Å². The number of carbonyl (C=O) groups is 1. The summed E-state index contributed by atoms with van der Waals surface area (Å²) in [6.07, 6.45) is 2.54. The highest BCUT2D eigenvalue weighted by atomic mass is 16.1. The van der Waals surface area contributed by atoms with E-state index < -0.39 is 0 Å². The van der Waals surface area contributed by atoms with Gasteiger partial charge in [0.2, 0.25) is 0 Å². The summed E-state index contributed by atoms with van der Waals surface area (Å²) in [5.41, 5.74) is 4.43. The molecule has 1 unspecified atom stereocenters. The Hall–Kier alpha value is -2.36. The van der Waals surface area contributed by atoms with Crippen LogP contribution in [-0.2, 0) is 0 Å². The first kappa shape index (κ1) is 17.0. The van der Waals surface area contributed by atoms with Gasteiger partial charge in [-0.1, -0.05) is 25.1 Å². The van der Waals surface area contributed by atoms with E-state index in [1.807, 2.05) is 13.0 Å². The summed E-state index contributed by atoms with van der Waals surface area (Å²) in [7, 11) is 0. The maximum Gasteiger partial charge on any atom is 0.252 e. The van der Waals surface area contributed by atoms with Crippen molar-refractivity contribution in [3.05, 3.63) is 58.8 Å². The van der Waals surface area contributed by atoms with E-state index in [2.05, 4.69) is 54.6 Å². The monoisotopic (exact) mass is 311 g/mol. The number of anilines is 1. The average molecular weight is 311 g/mol. The van der Waals surface area contributed by atoms with Crippen molar-refractivity contribution in [3.8, 4) is 0 Å². The van der Waals surface area contributed by atoms with E-state index in [1.54, 1.807) is 12.3 Å². The minimum atomic E-state index is -0.0755. The minimum absolute atomic E-state index is 0.0755. The van der Waals surface area contributed by atoms with Crippen LogP contribution in [0.15, 0.2) is 36.5 Å². The number of nitrogens with zero attached hydrogens (tertiary/aromatic N) is 1. The second kappa shape index (κ2) is 7.77. The number of nitrogens with one attached hydrogen (secondary N) is 2. The number of rotatable bonds is 6. The lowest BCUT2D eigenvalue weighted by Crippen LogP contribution is -2.24. The smallest absolute Gasteiger partial charge is 0.252 e. The maximum absolute atomic E-state index is 11.9. The molecule has 0 aliphatic carbocycles. The largest absolute Gasteiger partial charge is 0.364 e. The fraction of sp³-hybridized carbons (Fsp3) is 0.368. The molecular weight excluding hydrogens is 286 g/mol. The zero-order valence-electron chi connectivity index (χ0n) is 14.3. The molecule has 0 radical (unpaired) electrons. The van der Waals surface area contributed by atoms with E-state index >= 15 is 0 Å². The summed E-state index contributed by atoms with van der Waals surface area (Å²) in [6, 6.07) is 10.1. The Bertz CT molecular complexity index is 665. The number of aromatic nitrogens is 1. The predicted octanol–water partition coefficient (Wildman–Crippen LogP) is 4.01. The van der Waals surface area contributed by atoms with Gasteiger partial charge < -0.3 is 10.6 Å². The average Bonchev–Trinajstić information content (AvgIpc) is 2.55. The zero-order valence-corrected chi connectivity index (χ0v) is 14.3. The normalized spacial score (nSPS) is 11.8. The van der Waals surface area contributed by atoms with Crippen LogP contribution in [0.3, 0.4) is 0 Å². The fourth-order valence-electron chi connectivity index (χ4n) is 2.50. The molecule has 2 N–H and O–H groups in total. The van der Waals surface area contributed by atoms with E-state index in [-0.39, 0.29) is 11.9 Å². The number of carbonyl (C=O) groups excluding carboxylic acids is 1. The van der Waals surface area contributed by atoms with Gasteiger partial charge in [-0.3, -0.25) is 4.79 Å². The molecule has 4 heteroatoms. The quantitative estimate of drug-likeness (QED) is 0.847. The topological polar surface area (TPSA) is 54.0 Å². The molecule has 1 atom stereocenters. The van der Waals surface area contributed by atoms with Crippen LogP contribution in [0.5, 0.6) is 0 Å². The number of aryl methyl sites for hydroxylation is 1. The van der Waals surface area contributed by atoms with Gasteiger partial charge in [0.15, 0.2) is 0 Å². The lowest BCUT2D eigenvalue weighted by molar-refractivity contribution is 0.0953. The number of pyridine rings is 1. The van der Waals surface area contributed by atoms with Gasteiger partial charge in [0, 0.05) is 12.7 Å². The van der Waals surface area contributed by atoms with E-state index in [0.717, 1.165) is 12.2 Å². The van der Waals surface area contributed by atoms with Gasteiger partial charge >= 0.3 is 0 Å². The molecule has 1 aromatic carbocycles. The molecule has 23 heavy (non-hydrogen) atoms. The molecule has 1 amide bonds. The summed E-state index contributed by atoms with van der Waals surface area (Å²) in [5, 5.41) is 6.24. The summed E-state index contributed by atoms with van der Waals surface area (Å²) in [6.45, 7) is 9.08. The van der Waals surface area contributed by atoms with Gasteiger partial charge in [-0.15, -0.1) is 0 Å². The van der Waals surface area contributed by atoms with Crippen molar-refractivity contribution >= 4 is 11.7 Å². The number of hydrogen-bond acceptors (Lipinski definition) is 3. The Balaban J connectivity index is 2.06. The molecule has 0 aliphatic rings. The highest BCUT2D eigenvalue weighted by Gasteiger charge is 2.11. The molecular formula is C19H25N3O. The van der Waals surface area contributed by atoms with Crippen LogP contribution in [-0.4, -0.2) is 17.4 Å². The number of hydrogen-bond donors (Lipinski definition) is 2. The molecule has 0 fully saturated rings. The van der Waals surface area contributed by atoms with Gasteiger partial charge in [-0.25, -0.2) is 4.98 Å². The summed E-state index contributed by atoms with van der Waals surface area (Å²) in [5.74, 6) is 0.693. The van der Waals surface area contributed by atoms with Crippen molar-refractivity contribution in [1.82, 2.24) is 10.3 Å². The summed E-state index contributed by atoms with van der Waals surface area (Å²) >= 11 is 0. The Kier molecular flexibility index (Phi) is 5.74. The lowest BCUT2D eigenvalue weighted by atomic mass is 9.98. The Morgan fingerprint density at radius 3 is 2.65 bits per heavy atom. The second-order valence-corrected chi connectivity index (χ2v) is 5.84. The Morgan fingerprint density at radius 2 is 2.00 bits per heavy atom. The molecule has 2 aromatic rings. The lowest BCUT2D eigenvalue weighted by Gasteiger charge is -2.18. The van der Waals surface area contributed by atoms with Gasteiger partial charge in [0.25, 0.3) is 5.91 Å². The van der Waals surface area contributed by atoms with E-state index in [1.165, 1.54) is 16.7 Å². The highest BCUT2D eigenvalue weighted by molar-refractivity contribution is 5.94. The third kappa shape index (κ3) is 4.31. The summed E-state index contributed by atoms with van der Waals surface area (Å²) in [4.78, 5) is 16.2. The molecule has 122 valence electrons. The number of amides is 1. The molecule has 0 saturated heterocycles. The summed E-state index contributed by atoms with van der Waals surface area (Å²) < 4.78 is 0. The molecule has 4 nitrogen and oxygen atoms in total. The van der Waals surface area contributed by atoms with Gasteiger partial charge in [0.1, 0.15) is 5.82 Å². The van der Waals surface area contributed by atoms with Crippen molar-refractivity contribution in [2.75, 3.05) is 11.9 Å². The van der Waals surface area contributed by atoms with Gasteiger partial charge in [-0.05, 0) is 56.0 Å². The maximum atomic E-state index is 11.9. The van der Waals surface area contributed by atoms with Crippen molar-refractivity contribution < 1.29 is 4.79 Å².